The van der Waals surface area contributed by atoms with E-state index in [0.29, 0.717) is 0 Å². The first-order valence-corrected chi connectivity index (χ1v) is 14.5. The van der Waals surface area contributed by atoms with Crippen LogP contribution in [0.3, 0.4) is 0 Å². The molecule has 2 aromatic rings. The molecule has 0 saturated carbocycles. The molecule has 4 N–H and O–H groups in total. The van der Waals surface area contributed by atoms with Crippen LogP contribution < -0.4 is 18.7 Å². The molecule has 0 unspecified atom stereocenters. The van der Waals surface area contributed by atoms with Crippen LogP contribution >= 0.6 is 0 Å². The first-order chi connectivity index (χ1) is 7.74. The van der Waals surface area contributed by atoms with Crippen molar-refractivity contribution >= 4 is 52.7 Å². The van der Waals surface area contributed by atoms with E-state index in [2.05, 4.69) is 24.3 Å². The van der Waals surface area contributed by atoms with Crippen LogP contribution in [0.1, 0.15) is 0 Å². The molecule has 2 aromatic carbocycles. The summed E-state index contributed by atoms with van der Waals surface area (Å²) in [6.45, 7) is 0. The molecular weight excluding hydrogens is 427 g/mol. The van der Waals surface area contributed by atoms with E-state index in [9.17, 15) is 0 Å². The molecular formula is C12H12N2Te2. The van der Waals surface area contributed by atoms with Crippen LogP contribution in [-0.2, 0) is 0 Å². The van der Waals surface area contributed by atoms with Crippen molar-refractivity contribution in [3.8, 4) is 0 Å². The van der Waals surface area contributed by atoms with Gasteiger partial charge in [-0.05, 0) is 0 Å². The van der Waals surface area contributed by atoms with E-state index in [-0.39, 0.29) is 34.1 Å². The monoisotopic (exact) mass is 444 g/mol. The van der Waals surface area contributed by atoms with Crippen LogP contribution in [0.5, 0.6) is 0 Å². The second kappa shape index (κ2) is 5.80. The summed E-state index contributed by atoms with van der Waals surface area (Å²) < 4.78 is 2.95. The van der Waals surface area contributed by atoms with Gasteiger partial charge in [-0.25, -0.2) is 0 Å². The van der Waals surface area contributed by atoms with Gasteiger partial charge in [0.25, 0.3) is 0 Å². The Bertz CT molecular complexity index is 469. The molecule has 0 bridgehead atoms. The maximum atomic E-state index is 5.77. The normalized spacial score (nSPS) is 10.2. The van der Waals surface area contributed by atoms with E-state index >= 15 is 0 Å². The Kier molecular flexibility index (Phi) is 4.38. The molecule has 2 rings (SSSR count). The van der Waals surface area contributed by atoms with Crippen LogP contribution in [0, 0.1) is 0 Å². The van der Waals surface area contributed by atoms with E-state index in [1.54, 1.807) is 0 Å². The van der Waals surface area contributed by atoms with Crippen molar-refractivity contribution in [2.45, 2.75) is 0 Å². The molecule has 16 heavy (non-hydrogen) atoms. The summed E-state index contributed by atoms with van der Waals surface area (Å²) in [5.74, 6) is 0. The van der Waals surface area contributed by atoms with Crippen LogP contribution in [0.2, 0.25) is 0 Å². The Morgan fingerprint density at radius 1 is 0.688 bits per heavy atom. The Hall–Kier alpha value is -0.381. The number of hydrogen-bond acceptors (Lipinski definition) is 2. The molecule has 2 nitrogen and oxygen atoms in total. The van der Waals surface area contributed by atoms with Crippen LogP contribution in [0.25, 0.3) is 0 Å². The molecule has 0 atom stereocenters. The summed E-state index contributed by atoms with van der Waals surface area (Å²) in [6, 6.07) is 16.6. The standard InChI is InChI=1S/C12H12N2Te2/c13-9-4-6-11(7-5-9)15-16-12-3-1-2-10(14)8-12/h1-8H,13-14H2. The molecule has 4 heteroatoms. The minimum atomic E-state index is -0.0527. The van der Waals surface area contributed by atoms with Gasteiger partial charge in [-0.15, -0.1) is 0 Å². The summed E-state index contributed by atoms with van der Waals surface area (Å²) in [5.41, 5.74) is 13.2. The minimum absolute atomic E-state index is 0.0415. The third-order valence-corrected chi connectivity index (χ3v) is 13.8. The van der Waals surface area contributed by atoms with Crippen molar-refractivity contribution in [1.82, 2.24) is 0 Å². The molecule has 0 saturated heterocycles. The molecule has 0 heterocycles. The zero-order chi connectivity index (χ0) is 11.4. The van der Waals surface area contributed by atoms with Crippen LogP contribution in [0.4, 0.5) is 11.4 Å². The Morgan fingerprint density at radius 2 is 1.38 bits per heavy atom. The molecule has 82 valence electrons. The number of nitrogen functional groups attached to an aromatic ring is 2. The molecule has 0 fully saturated rings. The van der Waals surface area contributed by atoms with E-state index in [4.69, 9.17) is 11.5 Å². The summed E-state index contributed by atoms with van der Waals surface area (Å²) in [7, 11) is 0. The summed E-state index contributed by atoms with van der Waals surface area (Å²) in [6.07, 6.45) is 0. The molecule has 0 aliphatic rings. The zero-order valence-corrected chi connectivity index (χ0v) is 13.3. The van der Waals surface area contributed by atoms with Crippen molar-refractivity contribution in [2.75, 3.05) is 11.5 Å². The molecule has 0 aliphatic heterocycles. The fourth-order valence-corrected chi connectivity index (χ4v) is 11.1. The third kappa shape index (κ3) is 3.58. The van der Waals surface area contributed by atoms with Gasteiger partial charge in [-0.1, -0.05) is 0 Å². The van der Waals surface area contributed by atoms with Gasteiger partial charge in [0.1, 0.15) is 0 Å². The number of rotatable bonds is 3. The van der Waals surface area contributed by atoms with E-state index < -0.39 is 0 Å². The topological polar surface area (TPSA) is 52.0 Å². The third-order valence-electron chi connectivity index (χ3n) is 1.97. The predicted molar refractivity (Wildman–Crippen MR) is 72.5 cm³/mol. The van der Waals surface area contributed by atoms with Gasteiger partial charge in [-0.2, -0.15) is 0 Å². The average molecular weight is 439 g/mol. The molecule has 0 radical (unpaired) electrons. The van der Waals surface area contributed by atoms with Crippen molar-refractivity contribution in [1.29, 1.82) is 0 Å². The zero-order valence-electron chi connectivity index (χ0n) is 8.59. The number of nitrogens with two attached hydrogens (primary N) is 2. The van der Waals surface area contributed by atoms with Crippen molar-refractivity contribution in [2.24, 2.45) is 0 Å². The van der Waals surface area contributed by atoms with E-state index in [1.807, 2.05) is 24.3 Å². The maximum absolute atomic E-state index is 5.77. The van der Waals surface area contributed by atoms with Crippen LogP contribution in [-0.4, -0.2) is 34.1 Å². The van der Waals surface area contributed by atoms with Crippen LogP contribution in [0.15, 0.2) is 48.5 Å². The van der Waals surface area contributed by atoms with Gasteiger partial charge in [0.15, 0.2) is 0 Å². The Morgan fingerprint density at radius 3 is 2.06 bits per heavy atom. The fourth-order valence-electron chi connectivity index (χ4n) is 1.19. The van der Waals surface area contributed by atoms with Gasteiger partial charge < -0.3 is 0 Å². The van der Waals surface area contributed by atoms with Gasteiger partial charge in [-0.3, -0.25) is 0 Å². The van der Waals surface area contributed by atoms with Crippen molar-refractivity contribution < 1.29 is 0 Å². The number of anilines is 2. The van der Waals surface area contributed by atoms with Gasteiger partial charge in [0.05, 0.1) is 0 Å². The van der Waals surface area contributed by atoms with Crippen molar-refractivity contribution in [3.05, 3.63) is 48.5 Å². The number of benzene rings is 2. The Labute approximate surface area is 112 Å². The quantitative estimate of drug-likeness (QED) is 0.528. The number of hydrogen-bond donors (Lipinski definition) is 2. The first kappa shape index (κ1) is 12.1. The summed E-state index contributed by atoms with van der Waals surface area (Å²) in [5, 5.41) is 0. The molecule has 0 spiro atoms. The van der Waals surface area contributed by atoms with E-state index in [1.165, 1.54) is 7.22 Å². The van der Waals surface area contributed by atoms with Gasteiger partial charge in [0.2, 0.25) is 0 Å². The second-order valence-electron chi connectivity index (χ2n) is 3.31. The first-order valence-electron chi connectivity index (χ1n) is 4.79. The van der Waals surface area contributed by atoms with E-state index in [0.717, 1.165) is 11.4 Å². The molecule has 0 amide bonds. The average Bonchev–Trinajstić information content (AvgIpc) is 2.28. The summed E-state index contributed by atoms with van der Waals surface area (Å²) in [4.78, 5) is 0. The Balaban J connectivity index is 1.99. The molecule has 0 aliphatic carbocycles. The van der Waals surface area contributed by atoms with Crippen molar-refractivity contribution in [3.63, 3.8) is 0 Å². The van der Waals surface area contributed by atoms with Gasteiger partial charge >= 0.3 is 113 Å². The van der Waals surface area contributed by atoms with Gasteiger partial charge in [0, 0.05) is 0 Å². The second-order valence-corrected chi connectivity index (χ2v) is 13.3. The summed E-state index contributed by atoms with van der Waals surface area (Å²) >= 11 is -0.0942. The predicted octanol–water partition coefficient (Wildman–Crippen LogP) is 0.125. The fraction of sp³-hybridized carbons (Fsp3) is 0. The molecule has 0 aromatic heterocycles. The SMILES string of the molecule is Nc1ccc([Te][Te]c2cccc(N)c2)cc1.